The average molecular weight is 447 g/mol. The van der Waals surface area contributed by atoms with Crippen molar-refractivity contribution >= 4 is 46.1 Å². The lowest BCUT2D eigenvalue weighted by Gasteiger charge is -2.16. The minimum absolute atomic E-state index is 0.251. The van der Waals surface area contributed by atoms with E-state index in [4.69, 9.17) is 28.2 Å². The second kappa shape index (κ2) is 9.11. The van der Waals surface area contributed by atoms with E-state index in [0.29, 0.717) is 16.5 Å². The molecule has 3 heterocycles. The van der Waals surface area contributed by atoms with E-state index in [-0.39, 0.29) is 5.91 Å². The summed E-state index contributed by atoms with van der Waals surface area (Å²) in [5, 5.41) is 3.27. The number of thiazole rings is 1. The molecule has 1 saturated heterocycles. The Kier molecular flexibility index (Phi) is 6.33. The van der Waals surface area contributed by atoms with Gasteiger partial charge in [0, 0.05) is 48.2 Å². The lowest BCUT2D eigenvalue weighted by atomic mass is 10.1. The van der Waals surface area contributed by atoms with Gasteiger partial charge in [-0.15, -0.1) is 11.3 Å². The highest BCUT2D eigenvalue weighted by molar-refractivity contribution is 7.07. The highest BCUT2D eigenvalue weighted by Gasteiger charge is 2.19. The van der Waals surface area contributed by atoms with E-state index in [2.05, 4.69) is 14.9 Å². The molecule has 4 rings (SSSR count). The Bertz CT molecular complexity index is 1080. The first kappa shape index (κ1) is 20.1. The number of carbonyl (C=O) groups is 1. The van der Waals surface area contributed by atoms with Crippen LogP contribution in [0.1, 0.15) is 19.3 Å². The molecule has 3 aromatic rings. The predicted molar refractivity (Wildman–Crippen MR) is 118 cm³/mol. The molecule has 0 bridgehead atoms. The molecule has 0 aliphatic carbocycles. The molecule has 1 fully saturated rings. The molecule has 0 spiro atoms. The van der Waals surface area contributed by atoms with Crippen LogP contribution in [0.15, 0.2) is 53.1 Å². The molecule has 1 aliphatic heterocycles. The van der Waals surface area contributed by atoms with Crippen LogP contribution in [-0.2, 0) is 11.3 Å². The van der Waals surface area contributed by atoms with Crippen LogP contribution in [-0.4, -0.2) is 33.4 Å². The molecule has 8 heteroatoms. The van der Waals surface area contributed by atoms with Crippen LogP contribution in [0.3, 0.4) is 0 Å². The SMILES string of the molecule is O=C1CCCN1CCCn1c(-c2ccc(Cl)cc2Cl)csc1=Nc1cccnc1. The van der Waals surface area contributed by atoms with Gasteiger partial charge in [-0.3, -0.25) is 9.78 Å². The first-order valence-electron chi connectivity index (χ1n) is 9.48. The largest absolute Gasteiger partial charge is 0.343 e. The van der Waals surface area contributed by atoms with Crippen LogP contribution >= 0.6 is 34.5 Å². The molecule has 0 N–H and O–H groups in total. The number of pyridine rings is 1. The van der Waals surface area contributed by atoms with E-state index in [1.54, 1.807) is 29.8 Å². The van der Waals surface area contributed by atoms with Crippen molar-refractivity contribution in [3.8, 4) is 11.3 Å². The van der Waals surface area contributed by atoms with E-state index < -0.39 is 0 Å². The fourth-order valence-electron chi connectivity index (χ4n) is 3.44. The Morgan fingerprint density at radius 3 is 2.83 bits per heavy atom. The third-order valence-corrected chi connectivity index (χ3v) is 6.27. The average Bonchev–Trinajstić information content (AvgIpc) is 3.29. The summed E-state index contributed by atoms with van der Waals surface area (Å²) in [4.78, 5) is 23.6. The molecular weight excluding hydrogens is 427 g/mol. The Labute approximate surface area is 183 Å². The maximum atomic E-state index is 11.9. The monoisotopic (exact) mass is 446 g/mol. The van der Waals surface area contributed by atoms with Crippen molar-refractivity contribution in [2.75, 3.05) is 13.1 Å². The number of likely N-dealkylation sites (tertiary alicyclic amines) is 1. The molecule has 29 heavy (non-hydrogen) atoms. The molecule has 1 amide bonds. The number of carbonyl (C=O) groups excluding carboxylic acids is 1. The van der Waals surface area contributed by atoms with Gasteiger partial charge in [0.25, 0.3) is 0 Å². The highest BCUT2D eigenvalue weighted by Crippen LogP contribution is 2.31. The zero-order chi connectivity index (χ0) is 20.2. The highest BCUT2D eigenvalue weighted by atomic mass is 35.5. The van der Waals surface area contributed by atoms with Crippen LogP contribution < -0.4 is 4.80 Å². The fraction of sp³-hybridized carbons (Fsp3) is 0.286. The molecule has 2 aromatic heterocycles. The second-order valence-corrected chi connectivity index (χ2v) is 8.52. The summed E-state index contributed by atoms with van der Waals surface area (Å²) in [5.74, 6) is 0.251. The van der Waals surface area contributed by atoms with Gasteiger partial charge in [-0.1, -0.05) is 23.2 Å². The standard InChI is InChI=1S/C21H20Cl2N4OS/c22-15-6-7-17(18(23)12-15)19-14-29-21(25-16-4-1-8-24-13-16)27(19)11-3-10-26-9-2-5-20(26)28/h1,4,6-8,12-14H,2-3,5,9-11H2. The molecule has 1 aromatic carbocycles. The number of amides is 1. The molecule has 0 atom stereocenters. The summed E-state index contributed by atoms with van der Waals surface area (Å²) in [6.07, 6.45) is 5.94. The van der Waals surface area contributed by atoms with E-state index in [0.717, 1.165) is 54.2 Å². The quantitative estimate of drug-likeness (QED) is 0.524. The molecule has 0 saturated carbocycles. The van der Waals surface area contributed by atoms with Crippen molar-refractivity contribution in [1.82, 2.24) is 14.5 Å². The zero-order valence-electron chi connectivity index (χ0n) is 15.7. The van der Waals surface area contributed by atoms with Crippen molar-refractivity contribution in [2.45, 2.75) is 25.8 Å². The van der Waals surface area contributed by atoms with Gasteiger partial charge < -0.3 is 9.47 Å². The van der Waals surface area contributed by atoms with E-state index in [1.165, 1.54) is 0 Å². The first-order valence-corrected chi connectivity index (χ1v) is 11.1. The molecule has 0 unspecified atom stereocenters. The normalized spacial score (nSPS) is 14.8. The summed E-state index contributed by atoms with van der Waals surface area (Å²) < 4.78 is 2.16. The van der Waals surface area contributed by atoms with Crippen LogP contribution in [0.4, 0.5) is 5.69 Å². The van der Waals surface area contributed by atoms with Crippen molar-refractivity contribution in [1.29, 1.82) is 0 Å². The molecule has 1 aliphatic rings. The van der Waals surface area contributed by atoms with Crippen LogP contribution in [0, 0.1) is 0 Å². The number of benzene rings is 1. The zero-order valence-corrected chi connectivity index (χ0v) is 18.1. The number of hydrogen-bond donors (Lipinski definition) is 0. The van der Waals surface area contributed by atoms with Gasteiger partial charge in [0.15, 0.2) is 4.80 Å². The first-order chi connectivity index (χ1) is 14.1. The summed E-state index contributed by atoms with van der Waals surface area (Å²) in [6, 6.07) is 9.32. The third-order valence-electron chi connectivity index (χ3n) is 4.86. The summed E-state index contributed by atoms with van der Waals surface area (Å²) >= 11 is 14.1. The minimum atomic E-state index is 0.251. The number of rotatable bonds is 6. The number of hydrogen-bond acceptors (Lipinski definition) is 4. The van der Waals surface area contributed by atoms with E-state index in [1.807, 2.05) is 29.2 Å². The Morgan fingerprint density at radius 2 is 2.10 bits per heavy atom. The third kappa shape index (κ3) is 4.71. The van der Waals surface area contributed by atoms with Crippen molar-refractivity contribution in [3.63, 3.8) is 0 Å². The Hall–Kier alpha value is -2.15. The van der Waals surface area contributed by atoms with Crippen LogP contribution in [0.5, 0.6) is 0 Å². The number of aromatic nitrogens is 2. The lowest BCUT2D eigenvalue weighted by molar-refractivity contribution is -0.127. The Morgan fingerprint density at radius 1 is 1.21 bits per heavy atom. The summed E-state index contributed by atoms with van der Waals surface area (Å²) in [5.41, 5.74) is 2.70. The summed E-state index contributed by atoms with van der Waals surface area (Å²) in [7, 11) is 0. The molecule has 5 nitrogen and oxygen atoms in total. The van der Waals surface area contributed by atoms with Crippen LogP contribution in [0.2, 0.25) is 10.0 Å². The van der Waals surface area contributed by atoms with Crippen molar-refractivity contribution in [2.24, 2.45) is 4.99 Å². The van der Waals surface area contributed by atoms with Gasteiger partial charge in [-0.2, -0.15) is 0 Å². The van der Waals surface area contributed by atoms with Crippen LogP contribution in [0.25, 0.3) is 11.3 Å². The maximum absolute atomic E-state index is 11.9. The minimum Gasteiger partial charge on any atom is -0.343 e. The number of nitrogens with zero attached hydrogens (tertiary/aromatic N) is 4. The van der Waals surface area contributed by atoms with E-state index >= 15 is 0 Å². The van der Waals surface area contributed by atoms with Gasteiger partial charge in [-0.25, -0.2) is 4.99 Å². The lowest BCUT2D eigenvalue weighted by Crippen LogP contribution is -2.27. The van der Waals surface area contributed by atoms with Gasteiger partial charge in [0.05, 0.1) is 22.6 Å². The second-order valence-electron chi connectivity index (χ2n) is 6.84. The van der Waals surface area contributed by atoms with Gasteiger partial charge in [0.2, 0.25) is 5.91 Å². The van der Waals surface area contributed by atoms with Gasteiger partial charge in [0.1, 0.15) is 0 Å². The predicted octanol–water partition coefficient (Wildman–Crippen LogP) is 5.16. The van der Waals surface area contributed by atoms with Crippen molar-refractivity contribution in [3.05, 3.63) is 63.0 Å². The molecule has 0 radical (unpaired) electrons. The smallest absolute Gasteiger partial charge is 0.222 e. The maximum Gasteiger partial charge on any atom is 0.222 e. The van der Waals surface area contributed by atoms with Crippen molar-refractivity contribution < 1.29 is 4.79 Å². The van der Waals surface area contributed by atoms with Gasteiger partial charge in [-0.05, 0) is 43.2 Å². The Balaban J connectivity index is 1.67. The molecule has 150 valence electrons. The summed E-state index contributed by atoms with van der Waals surface area (Å²) in [6.45, 7) is 2.35. The molecular formula is C21H20Cl2N4OS. The fourth-order valence-corrected chi connectivity index (χ4v) is 4.89. The van der Waals surface area contributed by atoms with Gasteiger partial charge >= 0.3 is 0 Å². The van der Waals surface area contributed by atoms with E-state index in [9.17, 15) is 4.79 Å². The number of halogens is 2. The topological polar surface area (TPSA) is 50.5 Å².